The van der Waals surface area contributed by atoms with Crippen molar-refractivity contribution in [2.75, 3.05) is 36.1 Å². The number of carbonyl (C=O) groups excluding carboxylic acids is 1. The van der Waals surface area contributed by atoms with E-state index in [0.29, 0.717) is 31.7 Å². The van der Waals surface area contributed by atoms with Gasteiger partial charge < -0.3 is 15.3 Å². The fraction of sp³-hybridized carbons (Fsp3) is 0.261. The number of hydrazone groups is 1. The third-order valence-electron chi connectivity index (χ3n) is 5.88. The van der Waals surface area contributed by atoms with Crippen LogP contribution in [0.15, 0.2) is 64.9 Å². The van der Waals surface area contributed by atoms with E-state index in [-0.39, 0.29) is 22.1 Å². The Labute approximate surface area is 201 Å². The highest BCUT2D eigenvalue weighted by atomic mass is 32.1. The minimum Gasteiger partial charge on any atom is -0.412 e. The number of amides is 1. The number of carbonyl (C=O) groups is 1. The maximum Gasteiger partial charge on any atom is 0.436 e. The zero-order valence-corrected chi connectivity index (χ0v) is 19.3. The van der Waals surface area contributed by atoms with Crippen LogP contribution in [0.4, 0.5) is 28.4 Å². The first-order valence-corrected chi connectivity index (χ1v) is 11.4. The Morgan fingerprint density at radius 3 is 2.29 bits per heavy atom. The molecule has 1 amide bonds. The number of halogens is 4. The Morgan fingerprint density at radius 1 is 1.00 bits per heavy atom. The quantitative estimate of drug-likeness (QED) is 0.397. The predicted octanol–water partition coefficient (Wildman–Crippen LogP) is 3.97. The van der Waals surface area contributed by atoms with Crippen LogP contribution in [0.1, 0.15) is 6.92 Å². The van der Waals surface area contributed by atoms with Crippen LogP contribution in [0.5, 0.6) is 0 Å². The van der Waals surface area contributed by atoms with Crippen molar-refractivity contribution in [1.29, 1.82) is 0 Å². The lowest BCUT2D eigenvalue weighted by molar-refractivity contribution is -0.114. The van der Waals surface area contributed by atoms with Crippen molar-refractivity contribution in [2.24, 2.45) is 5.10 Å². The molecular formula is C23H21F4N5O2S. The molecule has 2 aromatic carbocycles. The molecule has 184 valence electrons. The second-order valence-electron chi connectivity index (χ2n) is 7.94. The van der Waals surface area contributed by atoms with Crippen molar-refractivity contribution in [1.82, 2.24) is 9.88 Å². The number of nitrogens with zero attached hydrogens (tertiary/aromatic N) is 5. The van der Waals surface area contributed by atoms with Crippen LogP contribution in [0.25, 0.3) is 10.2 Å². The van der Waals surface area contributed by atoms with Gasteiger partial charge in [0, 0.05) is 37.6 Å². The molecule has 35 heavy (non-hydrogen) atoms. The van der Waals surface area contributed by atoms with Gasteiger partial charge in [-0.3, -0.25) is 4.79 Å². The van der Waals surface area contributed by atoms with E-state index in [2.05, 4.69) is 10.1 Å². The molecule has 0 spiro atoms. The van der Waals surface area contributed by atoms with Crippen molar-refractivity contribution in [2.45, 2.75) is 13.1 Å². The summed E-state index contributed by atoms with van der Waals surface area (Å²) < 4.78 is 55.7. The van der Waals surface area contributed by atoms with E-state index in [0.717, 1.165) is 26.7 Å². The molecule has 2 N–H and O–H groups in total. The molecule has 0 bridgehead atoms. The van der Waals surface area contributed by atoms with E-state index in [1.807, 2.05) is 4.90 Å². The van der Waals surface area contributed by atoms with E-state index in [1.54, 1.807) is 41.3 Å². The molecule has 0 unspecified atom stereocenters. The summed E-state index contributed by atoms with van der Waals surface area (Å²) in [5, 5.41) is 4.51. The highest BCUT2D eigenvalue weighted by Crippen LogP contribution is 2.37. The van der Waals surface area contributed by atoms with Gasteiger partial charge in [0.05, 0.1) is 15.8 Å². The van der Waals surface area contributed by atoms with Crippen molar-refractivity contribution in [3.8, 4) is 0 Å². The Kier molecular flexibility index (Phi) is 6.52. The molecule has 1 saturated heterocycles. The van der Waals surface area contributed by atoms with Gasteiger partial charge in [0.25, 0.3) is 5.91 Å². The number of thiazole rings is 1. The fourth-order valence-corrected chi connectivity index (χ4v) is 5.03. The van der Waals surface area contributed by atoms with Crippen LogP contribution in [-0.4, -0.2) is 59.3 Å². The van der Waals surface area contributed by atoms with Gasteiger partial charge in [0.1, 0.15) is 5.82 Å². The van der Waals surface area contributed by atoms with Crippen LogP contribution < -0.4 is 9.91 Å². The molecule has 0 aliphatic carbocycles. The van der Waals surface area contributed by atoms with Gasteiger partial charge in [-0.25, -0.2) is 9.37 Å². The number of rotatable bonds is 3. The molecule has 2 aliphatic heterocycles. The SMILES string of the molecule is C/C(=C1\C(=O)N(c2nc3ccccc3s2)N=C1C(F)(F)F)N1CCN(c2ccc(F)cc2)CC1.O. The number of anilines is 2. The van der Waals surface area contributed by atoms with Crippen LogP contribution in [0, 0.1) is 5.82 Å². The number of para-hydroxylation sites is 1. The van der Waals surface area contributed by atoms with Gasteiger partial charge in [-0.2, -0.15) is 23.3 Å². The molecule has 12 heteroatoms. The molecular weight excluding hydrogens is 486 g/mol. The Hall–Kier alpha value is -3.51. The smallest absolute Gasteiger partial charge is 0.412 e. The summed E-state index contributed by atoms with van der Waals surface area (Å²) >= 11 is 1.11. The average molecular weight is 508 g/mol. The zero-order chi connectivity index (χ0) is 24.0. The minimum absolute atomic E-state index is 0. The summed E-state index contributed by atoms with van der Waals surface area (Å²) in [6.07, 6.45) is -4.80. The van der Waals surface area contributed by atoms with Crippen molar-refractivity contribution in [3.63, 3.8) is 0 Å². The Bertz CT molecular complexity index is 1280. The molecule has 0 radical (unpaired) electrons. The number of piperazine rings is 1. The average Bonchev–Trinajstić information content (AvgIpc) is 3.40. The second-order valence-corrected chi connectivity index (χ2v) is 8.95. The van der Waals surface area contributed by atoms with Gasteiger partial charge in [0.2, 0.25) is 5.13 Å². The number of hydrogen-bond donors (Lipinski definition) is 0. The summed E-state index contributed by atoms with van der Waals surface area (Å²) in [5.74, 6) is -1.18. The van der Waals surface area contributed by atoms with Crippen molar-refractivity contribution >= 4 is 44.0 Å². The predicted molar refractivity (Wildman–Crippen MR) is 127 cm³/mol. The number of benzene rings is 2. The lowest BCUT2D eigenvalue weighted by Gasteiger charge is -2.38. The zero-order valence-electron chi connectivity index (χ0n) is 18.5. The van der Waals surface area contributed by atoms with Gasteiger partial charge in [-0.05, 0) is 43.3 Å². The first kappa shape index (κ1) is 24.6. The highest BCUT2D eigenvalue weighted by molar-refractivity contribution is 7.22. The van der Waals surface area contributed by atoms with Crippen LogP contribution >= 0.6 is 11.3 Å². The summed E-state index contributed by atoms with van der Waals surface area (Å²) in [4.78, 5) is 21.3. The van der Waals surface area contributed by atoms with Crippen molar-refractivity contribution in [3.05, 3.63) is 65.6 Å². The Balaban J connectivity index is 0.00000289. The number of allylic oxidation sites excluding steroid dienone is 1. The van der Waals surface area contributed by atoms with Gasteiger partial charge in [-0.1, -0.05) is 23.5 Å². The fourth-order valence-electron chi connectivity index (χ4n) is 4.12. The largest absolute Gasteiger partial charge is 0.436 e. The molecule has 7 nitrogen and oxygen atoms in total. The summed E-state index contributed by atoms with van der Waals surface area (Å²) in [6, 6.07) is 13.2. The van der Waals surface area contributed by atoms with E-state index in [1.165, 1.54) is 19.1 Å². The second kappa shape index (κ2) is 9.27. The lowest BCUT2D eigenvalue weighted by Crippen LogP contribution is -2.46. The number of aromatic nitrogens is 1. The highest BCUT2D eigenvalue weighted by Gasteiger charge is 2.49. The number of hydrogen-bond acceptors (Lipinski definition) is 6. The van der Waals surface area contributed by atoms with E-state index < -0.39 is 23.4 Å². The maximum absolute atomic E-state index is 13.9. The maximum atomic E-state index is 13.9. The summed E-state index contributed by atoms with van der Waals surface area (Å²) in [6.45, 7) is 3.37. The molecule has 3 heterocycles. The van der Waals surface area contributed by atoms with E-state index in [4.69, 9.17) is 0 Å². The van der Waals surface area contributed by atoms with Gasteiger partial charge >= 0.3 is 6.18 Å². The van der Waals surface area contributed by atoms with Crippen LogP contribution in [0.2, 0.25) is 0 Å². The molecule has 0 atom stereocenters. The molecule has 5 rings (SSSR count). The topological polar surface area (TPSA) is 83.5 Å². The molecule has 0 saturated carbocycles. The number of fused-ring (bicyclic) bond motifs is 1. The Morgan fingerprint density at radius 2 is 1.66 bits per heavy atom. The summed E-state index contributed by atoms with van der Waals surface area (Å²) in [5.41, 5.74) is -0.0198. The lowest BCUT2D eigenvalue weighted by atomic mass is 10.1. The third-order valence-corrected chi connectivity index (χ3v) is 6.89. The number of alkyl halides is 3. The normalized spacial score (nSPS) is 18.1. The molecule has 2 aliphatic rings. The van der Waals surface area contributed by atoms with E-state index in [9.17, 15) is 22.4 Å². The van der Waals surface area contributed by atoms with Crippen molar-refractivity contribution < 1.29 is 27.8 Å². The molecule has 1 fully saturated rings. The monoisotopic (exact) mass is 507 g/mol. The third kappa shape index (κ3) is 4.58. The van der Waals surface area contributed by atoms with Gasteiger partial charge in [0.15, 0.2) is 5.71 Å². The van der Waals surface area contributed by atoms with E-state index >= 15 is 0 Å². The molecule has 1 aromatic heterocycles. The first-order chi connectivity index (χ1) is 16.2. The van der Waals surface area contributed by atoms with Crippen LogP contribution in [-0.2, 0) is 4.79 Å². The minimum atomic E-state index is -4.80. The van der Waals surface area contributed by atoms with Gasteiger partial charge in [-0.15, -0.1) is 0 Å². The standard InChI is InChI=1S/C23H19F4N5OS.H2O/c1-14(30-10-12-31(13-11-30)16-8-6-15(24)7-9-16)19-20(23(25,26)27)29-32(21(19)33)22-28-17-4-2-3-5-18(17)34-22;/h2-9H,10-13H2,1H3;1H2/b19-14+;. The summed E-state index contributed by atoms with van der Waals surface area (Å²) in [7, 11) is 0. The first-order valence-electron chi connectivity index (χ1n) is 10.5. The molecule has 3 aromatic rings. The van der Waals surface area contributed by atoms with Crippen LogP contribution in [0.3, 0.4) is 0 Å².